The third-order valence-corrected chi connectivity index (χ3v) is 5.43. The lowest BCUT2D eigenvalue weighted by atomic mass is 9.99. The Bertz CT molecular complexity index is 817. The van der Waals surface area contributed by atoms with Crippen molar-refractivity contribution in [1.29, 1.82) is 0 Å². The molecule has 0 fully saturated rings. The van der Waals surface area contributed by atoms with Crippen molar-refractivity contribution in [3.8, 4) is 21.7 Å². The smallest absolute Gasteiger partial charge is 0.153 e. The van der Waals surface area contributed by atoms with E-state index in [1.54, 1.807) is 11.3 Å². The summed E-state index contributed by atoms with van der Waals surface area (Å²) in [4.78, 5) is 0.978. The summed E-state index contributed by atoms with van der Waals surface area (Å²) in [6.45, 7) is 6.19. The lowest BCUT2D eigenvalue weighted by Gasteiger charge is -2.07. The van der Waals surface area contributed by atoms with Gasteiger partial charge in [-0.2, -0.15) is 5.10 Å². The van der Waals surface area contributed by atoms with Crippen molar-refractivity contribution >= 4 is 28.8 Å². The third kappa shape index (κ3) is 2.34. The normalized spacial score (nSPS) is 11.0. The fourth-order valence-corrected chi connectivity index (χ4v) is 3.60. The van der Waals surface area contributed by atoms with E-state index in [9.17, 15) is 0 Å². The number of nitrogens with zero attached hydrogens (tertiary/aromatic N) is 1. The van der Waals surface area contributed by atoms with Gasteiger partial charge in [0, 0.05) is 0 Å². The standard InChI is InChI=1S/C16H16ClN3S/c1-8-4-5-11(6-9(8)2)12-14(19-20-16(12)18)15-13(17)10(3)7-21-15/h4-7H,1-3H3,(H3,18,19,20). The summed E-state index contributed by atoms with van der Waals surface area (Å²) in [6.07, 6.45) is 0. The molecule has 0 aliphatic carbocycles. The number of hydrogen-bond donors (Lipinski definition) is 2. The molecule has 0 spiro atoms. The number of rotatable bonds is 2. The molecule has 3 nitrogen and oxygen atoms in total. The second kappa shape index (κ2) is 5.20. The highest BCUT2D eigenvalue weighted by atomic mass is 35.5. The van der Waals surface area contributed by atoms with Crippen LogP contribution in [0.3, 0.4) is 0 Å². The van der Waals surface area contributed by atoms with Crippen LogP contribution in [0.15, 0.2) is 23.6 Å². The molecule has 0 bridgehead atoms. The maximum Gasteiger partial charge on any atom is 0.153 e. The van der Waals surface area contributed by atoms with Crippen molar-refractivity contribution in [2.45, 2.75) is 20.8 Å². The van der Waals surface area contributed by atoms with E-state index in [1.165, 1.54) is 11.1 Å². The number of anilines is 1. The summed E-state index contributed by atoms with van der Waals surface area (Å²) < 4.78 is 0. The Labute approximate surface area is 132 Å². The number of benzene rings is 1. The van der Waals surface area contributed by atoms with Gasteiger partial charge in [0.1, 0.15) is 0 Å². The highest BCUT2D eigenvalue weighted by molar-refractivity contribution is 7.14. The van der Waals surface area contributed by atoms with Crippen LogP contribution in [0.1, 0.15) is 16.7 Å². The minimum absolute atomic E-state index is 0.496. The fourth-order valence-electron chi connectivity index (χ4n) is 2.31. The Morgan fingerprint density at radius 3 is 2.52 bits per heavy atom. The van der Waals surface area contributed by atoms with Crippen molar-refractivity contribution in [3.63, 3.8) is 0 Å². The number of nitrogen functional groups attached to an aromatic ring is 1. The number of aromatic nitrogens is 2. The Balaban J connectivity index is 2.22. The maximum absolute atomic E-state index is 6.39. The second-order valence-corrected chi connectivity index (χ2v) is 6.48. The van der Waals surface area contributed by atoms with Crippen LogP contribution in [0.5, 0.6) is 0 Å². The van der Waals surface area contributed by atoms with Crippen LogP contribution in [0.4, 0.5) is 5.82 Å². The van der Waals surface area contributed by atoms with Gasteiger partial charge < -0.3 is 5.73 Å². The number of nitrogens with two attached hydrogens (primary N) is 1. The zero-order valence-corrected chi connectivity index (χ0v) is 13.7. The number of hydrogen-bond acceptors (Lipinski definition) is 3. The molecule has 0 aliphatic rings. The van der Waals surface area contributed by atoms with Crippen LogP contribution < -0.4 is 5.73 Å². The average molecular weight is 318 g/mol. The Kier molecular flexibility index (Phi) is 3.51. The van der Waals surface area contributed by atoms with Gasteiger partial charge in [-0.05, 0) is 48.4 Å². The van der Waals surface area contributed by atoms with E-state index in [0.29, 0.717) is 5.82 Å². The van der Waals surface area contributed by atoms with Crippen molar-refractivity contribution in [2.24, 2.45) is 0 Å². The Morgan fingerprint density at radius 1 is 1.14 bits per heavy atom. The monoisotopic (exact) mass is 317 g/mol. The van der Waals surface area contributed by atoms with E-state index < -0.39 is 0 Å². The van der Waals surface area contributed by atoms with Crippen LogP contribution in [0.25, 0.3) is 21.7 Å². The zero-order valence-electron chi connectivity index (χ0n) is 12.1. The van der Waals surface area contributed by atoms with Gasteiger partial charge in [-0.15, -0.1) is 11.3 Å². The largest absolute Gasteiger partial charge is 0.382 e. The van der Waals surface area contributed by atoms with Gasteiger partial charge in [-0.3, -0.25) is 5.10 Å². The number of aryl methyl sites for hydroxylation is 3. The lowest BCUT2D eigenvalue weighted by molar-refractivity contribution is 1.11. The third-order valence-electron chi connectivity index (χ3n) is 3.72. The summed E-state index contributed by atoms with van der Waals surface area (Å²) in [5.74, 6) is 0.496. The molecule has 2 heterocycles. The van der Waals surface area contributed by atoms with Gasteiger partial charge in [0.25, 0.3) is 0 Å². The predicted octanol–water partition coefficient (Wildman–Crippen LogP) is 4.97. The molecular weight excluding hydrogens is 302 g/mol. The van der Waals surface area contributed by atoms with Crippen LogP contribution >= 0.6 is 22.9 Å². The SMILES string of the molecule is Cc1ccc(-c2c(N)n[nH]c2-c2scc(C)c2Cl)cc1C. The number of aromatic amines is 1. The summed E-state index contributed by atoms with van der Waals surface area (Å²) >= 11 is 7.99. The lowest BCUT2D eigenvalue weighted by Crippen LogP contribution is -1.90. The van der Waals surface area contributed by atoms with Gasteiger partial charge in [0.05, 0.1) is 21.2 Å². The molecule has 3 aromatic rings. The van der Waals surface area contributed by atoms with Crippen LogP contribution in [-0.4, -0.2) is 10.2 Å². The molecule has 21 heavy (non-hydrogen) atoms. The number of thiophene rings is 1. The summed E-state index contributed by atoms with van der Waals surface area (Å²) in [7, 11) is 0. The molecule has 0 radical (unpaired) electrons. The van der Waals surface area contributed by atoms with E-state index in [0.717, 1.165) is 32.3 Å². The summed E-state index contributed by atoms with van der Waals surface area (Å²) in [5.41, 5.74) is 12.5. The average Bonchev–Trinajstić information content (AvgIpc) is 2.98. The highest BCUT2D eigenvalue weighted by Gasteiger charge is 2.19. The number of nitrogens with one attached hydrogen (secondary N) is 1. The quantitative estimate of drug-likeness (QED) is 0.701. The molecule has 1 aromatic carbocycles. The van der Waals surface area contributed by atoms with Gasteiger partial charge >= 0.3 is 0 Å². The highest BCUT2D eigenvalue weighted by Crippen LogP contribution is 2.42. The first-order valence-corrected chi connectivity index (χ1v) is 7.90. The molecule has 0 saturated carbocycles. The van der Waals surface area contributed by atoms with Crippen molar-refractivity contribution < 1.29 is 0 Å². The molecule has 0 aliphatic heterocycles. The molecule has 2 aromatic heterocycles. The number of halogens is 1. The molecule has 5 heteroatoms. The molecule has 0 amide bonds. The van der Waals surface area contributed by atoms with Crippen LogP contribution in [0.2, 0.25) is 5.02 Å². The van der Waals surface area contributed by atoms with Gasteiger partial charge in [0.15, 0.2) is 5.82 Å². The first-order valence-electron chi connectivity index (χ1n) is 6.64. The van der Waals surface area contributed by atoms with Gasteiger partial charge in [-0.1, -0.05) is 29.8 Å². The van der Waals surface area contributed by atoms with E-state index in [2.05, 4.69) is 42.2 Å². The summed E-state index contributed by atoms with van der Waals surface area (Å²) in [6, 6.07) is 6.30. The van der Waals surface area contributed by atoms with Crippen LogP contribution in [-0.2, 0) is 0 Å². The van der Waals surface area contributed by atoms with Gasteiger partial charge in [0.2, 0.25) is 0 Å². The van der Waals surface area contributed by atoms with Crippen molar-refractivity contribution in [1.82, 2.24) is 10.2 Å². The molecular formula is C16H16ClN3S. The summed E-state index contributed by atoms with van der Waals surface area (Å²) in [5, 5.41) is 10.00. The minimum Gasteiger partial charge on any atom is -0.382 e. The Morgan fingerprint density at radius 2 is 1.90 bits per heavy atom. The topological polar surface area (TPSA) is 54.7 Å². The van der Waals surface area contributed by atoms with Gasteiger partial charge in [-0.25, -0.2) is 0 Å². The number of H-pyrrole nitrogens is 1. The zero-order chi connectivity index (χ0) is 15.1. The first-order chi connectivity index (χ1) is 9.99. The molecule has 108 valence electrons. The fraction of sp³-hybridized carbons (Fsp3) is 0.188. The minimum atomic E-state index is 0.496. The Hall–Kier alpha value is -1.78. The van der Waals surface area contributed by atoms with E-state index >= 15 is 0 Å². The second-order valence-electron chi connectivity index (χ2n) is 5.22. The van der Waals surface area contributed by atoms with Crippen molar-refractivity contribution in [3.05, 3.63) is 45.3 Å². The molecule has 3 N–H and O–H groups in total. The molecule has 3 rings (SSSR count). The maximum atomic E-state index is 6.39. The first kappa shape index (κ1) is 14.2. The van der Waals surface area contributed by atoms with E-state index in [1.807, 2.05) is 12.3 Å². The van der Waals surface area contributed by atoms with E-state index in [-0.39, 0.29) is 0 Å². The predicted molar refractivity (Wildman–Crippen MR) is 91.0 cm³/mol. The van der Waals surface area contributed by atoms with E-state index in [4.69, 9.17) is 17.3 Å². The van der Waals surface area contributed by atoms with Crippen molar-refractivity contribution in [2.75, 3.05) is 5.73 Å². The molecule has 0 unspecified atom stereocenters. The molecule has 0 saturated heterocycles. The van der Waals surface area contributed by atoms with Crippen LogP contribution in [0, 0.1) is 20.8 Å². The molecule has 0 atom stereocenters.